The molecule has 2 heterocycles. The van der Waals surface area contributed by atoms with E-state index in [4.69, 9.17) is 0 Å². The first-order valence-electron chi connectivity index (χ1n) is 7.13. The fraction of sp³-hybridized carbons (Fsp3) is 0.312. The zero-order chi connectivity index (χ0) is 15.9. The van der Waals surface area contributed by atoms with E-state index in [9.17, 15) is 19.5 Å². The average molecular weight is 300 g/mol. The Balaban J connectivity index is 2.14. The standard InChI is InChI=1S/C16H16N2O4/c1-17-12-6-3-2-5-10(12)11(9-14(17)19)15(20)18-8-4-7-13(18)16(21)22/h2-3,5-6,9,13H,4,7-8H2,1H3,(H,21,22)/t13-/m0/s1. The number of benzene rings is 1. The molecule has 0 unspecified atom stereocenters. The van der Waals surface area contributed by atoms with Crippen molar-refractivity contribution in [2.45, 2.75) is 18.9 Å². The van der Waals surface area contributed by atoms with Crippen molar-refractivity contribution in [2.24, 2.45) is 7.05 Å². The predicted octanol–water partition coefficient (Wildman–Crippen LogP) is 1.23. The Bertz CT molecular complexity index is 824. The van der Waals surface area contributed by atoms with Crippen LogP contribution < -0.4 is 5.56 Å². The summed E-state index contributed by atoms with van der Waals surface area (Å²) in [6.07, 6.45) is 1.11. The molecule has 3 rings (SSSR count). The number of nitrogens with zero attached hydrogens (tertiary/aromatic N) is 2. The highest BCUT2D eigenvalue weighted by molar-refractivity contribution is 6.07. The van der Waals surface area contributed by atoms with E-state index in [0.717, 1.165) is 0 Å². The second-order valence-electron chi connectivity index (χ2n) is 5.47. The Morgan fingerprint density at radius 3 is 2.73 bits per heavy atom. The first kappa shape index (κ1) is 14.3. The van der Waals surface area contributed by atoms with Crippen molar-refractivity contribution in [1.29, 1.82) is 0 Å². The van der Waals surface area contributed by atoms with Gasteiger partial charge in [0.15, 0.2) is 0 Å². The normalized spacial score (nSPS) is 17.9. The van der Waals surface area contributed by atoms with Crippen LogP contribution in [0.5, 0.6) is 0 Å². The van der Waals surface area contributed by atoms with Gasteiger partial charge >= 0.3 is 5.97 Å². The SMILES string of the molecule is Cn1c(=O)cc(C(=O)N2CCC[C@H]2C(=O)O)c2ccccc21. The molecule has 114 valence electrons. The lowest BCUT2D eigenvalue weighted by Gasteiger charge is -2.22. The zero-order valence-electron chi connectivity index (χ0n) is 12.2. The molecule has 1 aliphatic heterocycles. The second-order valence-corrected chi connectivity index (χ2v) is 5.47. The summed E-state index contributed by atoms with van der Waals surface area (Å²) in [4.78, 5) is 37.4. The molecule has 0 saturated carbocycles. The fourth-order valence-corrected chi connectivity index (χ4v) is 3.01. The summed E-state index contributed by atoms with van der Waals surface area (Å²) in [5.41, 5.74) is 0.643. The lowest BCUT2D eigenvalue weighted by atomic mass is 10.1. The number of aryl methyl sites for hydroxylation is 1. The Morgan fingerprint density at radius 2 is 2.00 bits per heavy atom. The molecule has 0 aliphatic carbocycles. The van der Waals surface area contributed by atoms with Gasteiger partial charge in [0, 0.05) is 25.0 Å². The zero-order valence-corrected chi connectivity index (χ0v) is 12.2. The largest absolute Gasteiger partial charge is 0.480 e. The van der Waals surface area contributed by atoms with Crippen molar-refractivity contribution in [3.05, 3.63) is 46.2 Å². The number of carbonyl (C=O) groups is 2. The summed E-state index contributed by atoms with van der Waals surface area (Å²) in [5, 5.41) is 9.89. The predicted molar refractivity (Wildman–Crippen MR) is 80.9 cm³/mol. The number of para-hydroxylation sites is 1. The lowest BCUT2D eigenvalue weighted by Crippen LogP contribution is -2.41. The summed E-state index contributed by atoms with van der Waals surface area (Å²) >= 11 is 0. The first-order valence-corrected chi connectivity index (χ1v) is 7.13. The number of aliphatic carboxylic acids is 1. The molecule has 0 spiro atoms. The summed E-state index contributed by atoms with van der Waals surface area (Å²) in [7, 11) is 1.65. The van der Waals surface area contributed by atoms with E-state index in [2.05, 4.69) is 0 Å². The molecule has 6 nitrogen and oxygen atoms in total. The molecule has 0 radical (unpaired) electrons. The van der Waals surface area contributed by atoms with E-state index < -0.39 is 12.0 Å². The molecule has 1 aromatic carbocycles. The van der Waals surface area contributed by atoms with Crippen molar-refractivity contribution in [3.63, 3.8) is 0 Å². The lowest BCUT2D eigenvalue weighted by molar-refractivity contribution is -0.141. The summed E-state index contributed by atoms with van der Waals surface area (Å²) < 4.78 is 1.48. The topological polar surface area (TPSA) is 79.6 Å². The fourth-order valence-electron chi connectivity index (χ4n) is 3.01. The van der Waals surface area contributed by atoms with E-state index in [-0.39, 0.29) is 17.0 Å². The number of carbonyl (C=O) groups excluding carboxylic acids is 1. The number of hydrogen-bond acceptors (Lipinski definition) is 3. The maximum absolute atomic E-state index is 12.8. The van der Waals surface area contributed by atoms with Gasteiger partial charge in [-0.05, 0) is 18.9 Å². The Kier molecular flexibility index (Phi) is 3.44. The molecule has 1 N–H and O–H groups in total. The number of pyridine rings is 1. The van der Waals surface area contributed by atoms with Crippen LogP contribution in [-0.4, -0.2) is 39.0 Å². The molecule has 1 aliphatic rings. The van der Waals surface area contributed by atoms with Crippen molar-refractivity contribution >= 4 is 22.8 Å². The summed E-state index contributed by atoms with van der Waals surface area (Å²) in [5.74, 6) is -1.39. The molecule has 6 heteroatoms. The minimum absolute atomic E-state index is 0.270. The minimum atomic E-state index is -1.00. The van der Waals surface area contributed by atoms with E-state index in [1.807, 2.05) is 0 Å². The number of fused-ring (bicyclic) bond motifs is 1. The molecule has 2 aromatic rings. The molecule has 1 fully saturated rings. The van der Waals surface area contributed by atoms with Crippen LogP contribution in [0.1, 0.15) is 23.2 Å². The second kappa shape index (κ2) is 5.29. The van der Waals surface area contributed by atoms with Crippen LogP contribution in [-0.2, 0) is 11.8 Å². The van der Waals surface area contributed by atoms with Gasteiger partial charge in [-0.25, -0.2) is 4.79 Å². The molecule has 0 bridgehead atoms. The highest BCUT2D eigenvalue weighted by atomic mass is 16.4. The van der Waals surface area contributed by atoms with E-state index in [1.54, 1.807) is 31.3 Å². The highest BCUT2D eigenvalue weighted by Crippen LogP contribution is 2.23. The molecular weight excluding hydrogens is 284 g/mol. The number of rotatable bonds is 2. The molecule has 22 heavy (non-hydrogen) atoms. The number of amides is 1. The third-order valence-corrected chi connectivity index (χ3v) is 4.18. The third-order valence-electron chi connectivity index (χ3n) is 4.18. The van der Waals surface area contributed by atoms with Crippen LogP contribution in [0.2, 0.25) is 0 Å². The average Bonchev–Trinajstić information content (AvgIpc) is 3.00. The highest BCUT2D eigenvalue weighted by Gasteiger charge is 2.35. The van der Waals surface area contributed by atoms with Crippen LogP contribution in [0.25, 0.3) is 10.9 Å². The van der Waals surface area contributed by atoms with Crippen molar-refractivity contribution in [1.82, 2.24) is 9.47 Å². The van der Waals surface area contributed by atoms with Gasteiger partial charge < -0.3 is 14.6 Å². The van der Waals surface area contributed by atoms with E-state index >= 15 is 0 Å². The van der Waals surface area contributed by atoms with Crippen molar-refractivity contribution < 1.29 is 14.7 Å². The van der Waals surface area contributed by atoms with Crippen LogP contribution in [0, 0.1) is 0 Å². The quantitative estimate of drug-likeness (QED) is 0.904. The van der Waals surface area contributed by atoms with Gasteiger partial charge in [0.25, 0.3) is 11.5 Å². The molecule has 1 atom stereocenters. The van der Waals surface area contributed by atoms with Gasteiger partial charge in [-0.15, -0.1) is 0 Å². The van der Waals surface area contributed by atoms with Gasteiger partial charge in [0.1, 0.15) is 6.04 Å². The van der Waals surface area contributed by atoms with Gasteiger partial charge in [0.2, 0.25) is 0 Å². The summed E-state index contributed by atoms with van der Waals surface area (Å²) in [6.45, 7) is 0.402. The monoisotopic (exact) mass is 300 g/mol. The number of hydrogen-bond donors (Lipinski definition) is 1. The van der Waals surface area contributed by atoms with Gasteiger partial charge in [-0.1, -0.05) is 18.2 Å². The molecular formula is C16H16N2O4. The van der Waals surface area contributed by atoms with Crippen LogP contribution >= 0.6 is 0 Å². The van der Waals surface area contributed by atoms with Gasteiger partial charge in [-0.3, -0.25) is 9.59 Å². The van der Waals surface area contributed by atoms with E-state index in [0.29, 0.717) is 30.3 Å². The van der Waals surface area contributed by atoms with E-state index in [1.165, 1.54) is 15.5 Å². The first-order chi connectivity index (χ1) is 10.5. The molecule has 1 amide bonds. The van der Waals surface area contributed by atoms with Gasteiger partial charge in [-0.2, -0.15) is 0 Å². The Morgan fingerprint density at radius 1 is 1.27 bits per heavy atom. The minimum Gasteiger partial charge on any atom is -0.480 e. The molecule has 1 saturated heterocycles. The van der Waals surface area contributed by atoms with Gasteiger partial charge in [0.05, 0.1) is 11.1 Å². The van der Waals surface area contributed by atoms with Crippen molar-refractivity contribution in [2.75, 3.05) is 6.54 Å². The Hall–Kier alpha value is -2.63. The van der Waals surface area contributed by atoms with Crippen LogP contribution in [0.3, 0.4) is 0 Å². The summed E-state index contributed by atoms with van der Waals surface area (Å²) in [6, 6.07) is 7.62. The molecule has 1 aromatic heterocycles. The maximum atomic E-state index is 12.8. The van der Waals surface area contributed by atoms with Crippen molar-refractivity contribution in [3.8, 4) is 0 Å². The number of carboxylic acids is 1. The van der Waals surface area contributed by atoms with Crippen LogP contribution in [0.15, 0.2) is 35.1 Å². The van der Waals surface area contributed by atoms with Crippen LogP contribution in [0.4, 0.5) is 0 Å². The smallest absolute Gasteiger partial charge is 0.326 e. The number of aromatic nitrogens is 1. The Labute approximate surface area is 126 Å². The maximum Gasteiger partial charge on any atom is 0.326 e. The number of carboxylic acid groups (broad SMARTS) is 1. The number of likely N-dealkylation sites (tertiary alicyclic amines) is 1. The third kappa shape index (κ3) is 2.16.